The van der Waals surface area contributed by atoms with Crippen LogP contribution in [0.5, 0.6) is 0 Å². The van der Waals surface area contributed by atoms with Crippen LogP contribution in [0.25, 0.3) is 10.4 Å². The minimum absolute atomic E-state index is 0.185. The topological polar surface area (TPSA) is 94.9 Å². The molecular weight excluding hydrogens is 350 g/mol. The smallest absolute Gasteiger partial charge is 0.186 e. The van der Waals surface area contributed by atoms with Gasteiger partial charge in [-0.25, -0.2) is 0 Å². The summed E-state index contributed by atoms with van der Waals surface area (Å²) in [5.41, 5.74) is 9.43. The predicted molar refractivity (Wildman–Crippen MR) is 97.8 cm³/mol. The van der Waals surface area contributed by atoms with Gasteiger partial charge in [-0.05, 0) is 38.3 Å². The van der Waals surface area contributed by atoms with E-state index >= 15 is 0 Å². The van der Waals surface area contributed by atoms with Crippen molar-refractivity contribution in [3.63, 3.8) is 0 Å². The zero-order chi connectivity index (χ0) is 19.3. The van der Waals surface area contributed by atoms with Gasteiger partial charge < -0.3 is 23.7 Å². The summed E-state index contributed by atoms with van der Waals surface area (Å²) >= 11 is 0. The highest BCUT2D eigenvalue weighted by molar-refractivity contribution is 5.13. The third-order valence-corrected chi connectivity index (χ3v) is 4.60. The Hall–Kier alpha value is -1.67. The number of rotatable bonds is 8. The predicted octanol–water partition coefficient (Wildman–Crippen LogP) is 3.55. The Balaban J connectivity index is 1.68. The molecule has 0 aliphatic carbocycles. The van der Waals surface area contributed by atoms with E-state index < -0.39 is 18.2 Å². The number of benzene rings is 1. The summed E-state index contributed by atoms with van der Waals surface area (Å²) in [4.78, 5) is 2.75. The van der Waals surface area contributed by atoms with Crippen LogP contribution in [0.3, 0.4) is 0 Å². The van der Waals surface area contributed by atoms with Gasteiger partial charge in [0.15, 0.2) is 12.1 Å². The third kappa shape index (κ3) is 5.19. The van der Waals surface area contributed by atoms with E-state index in [0.717, 1.165) is 5.56 Å². The molecule has 27 heavy (non-hydrogen) atoms. The van der Waals surface area contributed by atoms with E-state index in [9.17, 15) is 0 Å². The highest BCUT2D eigenvalue weighted by Crippen LogP contribution is 2.39. The lowest BCUT2D eigenvalue weighted by molar-refractivity contribution is -0.286. The molecule has 1 aromatic rings. The van der Waals surface area contributed by atoms with Gasteiger partial charge in [-0.15, -0.1) is 0 Å². The van der Waals surface area contributed by atoms with E-state index in [4.69, 9.17) is 29.2 Å². The van der Waals surface area contributed by atoms with Crippen LogP contribution >= 0.6 is 0 Å². The van der Waals surface area contributed by atoms with E-state index in [1.54, 1.807) is 0 Å². The zero-order valence-corrected chi connectivity index (χ0v) is 16.0. The maximum absolute atomic E-state index is 8.36. The van der Waals surface area contributed by atoms with Gasteiger partial charge in [0.05, 0.1) is 12.7 Å². The van der Waals surface area contributed by atoms with Gasteiger partial charge in [-0.3, -0.25) is 0 Å². The summed E-state index contributed by atoms with van der Waals surface area (Å²) < 4.78 is 30.3. The standard InChI is InChI=1S/C19H27N3O5/c1-13-15-16(27-19(2,3)26-15)17(24-12-14-8-5-4-6-9-14)18(25-13)23-11-7-10-21-22-20/h4-6,8-9,13,15-18H,7,10-12H2,1-3H3/t13-,15+,16+,17-,18-/m0/s1. The molecule has 0 saturated carbocycles. The van der Waals surface area contributed by atoms with Gasteiger partial charge in [-0.2, -0.15) is 0 Å². The zero-order valence-electron chi connectivity index (χ0n) is 16.0. The third-order valence-electron chi connectivity index (χ3n) is 4.60. The molecule has 0 amide bonds. The lowest BCUT2D eigenvalue weighted by Gasteiger charge is -2.40. The van der Waals surface area contributed by atoms with Crippen molar-refractivity contribution in [1.29, 1.82) is 0 Å². The van der Waals surface area contributed by atoms with Crippen LogP contribution in [-0.4, -0.2) is 49.6 Å². The van der Waals surface area contributed by atoms with Crippen LogP contribution in [0, 0.1) is 0 Å². The molecule has 0 radical (unpaired) electrons. The van der Waals surface area contributed by atoms with E-state index in [-0.39, 0.29) is 18.3 Å². The molecule has 0 aromatic heterocycles. The van der Waals surface area contributed by atoms with Crippen molar-refractivity contribution in [1.82, 2.24) is 0 Å². The van der Waals surface area contributed by atoms with Gasteiger partial charge in [0, 0.05) is 18.1 Å². The van der Waals surface area contributed by atoms with Crippen molar-refractivity contribution in [3.05, 3.63) is 46.3 Å². The van der Waals surface area contributed by atoms with Crippen LogP contribution in [0.2, 0.25) is 0 Å². The molecule has 2 saturated heterocycles. The lowest BCUT2D eigenvalue weighted by atomic mass is 9.99. The summed E-state index contributed by atoms with van der Waals surface area (Å²) in [6.07, 6.45) is -1.07. The number of nitrogens with zero attached hydrogens (tertiary/aromatic N) is 3. The molecule has 5 atom stereocenters. The molecule has 8 nitrogen and oxygen atoms in total. The number of fused-ring (bicyclic) bond motifs is 1. The van der Waals surface area contributed by atoms with Crippen LogP contribution in [0.15, 0.2) is 35.4 Å². The van der Waals surface area contributed by atoms with Gasteiger partial charge in [0.1, 0.15) is 18.3 Å². The molecule has 0 N–H and O–H groups in total. The second kappa shape index (κ2) is 9.01. The summed E-state index contributed by atoms with van der Waals surface area (Å²) in [6, 6.07) is 9.94. The van der Waals surface area contributed by atoms with Gasteiger partial charge in [-0.1, -0.05) is 35.4 Å². The van der Waals surface area contributed by atoms with E-state index in [1.807, 2.05) is 51.1 Å². The quantitative estimate of drug-likeness (QED) is 0.299. The first-order valence-electron chi connectivity index (χ1n) is 9.29. The first-order chi connectivity index (χ1) is 13.0. The Morgan fingerprint density at radius 3 is 2.63 bits per heavy atom. The molecule has 0 unspecified atom stereocenters. The van der Waals surface area contributed by atoms with E-state index in [2.05, 4.69) is 10.0 Å². The molecular formula is C19H27N3O5. The number of ether oxygens (including phenoxy) is 5. The summed E-state index contributed by atoms with van der Waals surface area (Å²) in [7, 11) is 0. The molecule has 3 rings (SSSR count). The Morgan fingerprint density at radius 2 is 1.89 bits per heavy atom. The highest BCUT2D eigenvalue weighted by atomic mass is 16.8. The number of hydrogen-bond donors (Lipinski definition) is 0. The molecule has 8 heteroatoms. The summed E-state index contributed by atoms with van der Waals surface area (Å²) in [6.45, 7) is 6.95. The molecule has 2 aliphatic heterocycles. The molecule has 0 spiro atoms. The SMILES string of the molecule is C[C@@H]1O[C@H](OCCCN=[N+]=[N-])[C@@H](OCc2ccccc2)[C@@H]2OC(C)(C)O[C@@H]21. The monoisotopic (exact) mass is 377 g/mol. The second-order valence-electron chi connectivity index (χ2n) is 7.21. The molecule has 0 bridgehead atoms. The average molecular weight is 377 g/mol. The Bertz CT molecular complexity index is 650. The molecule has 2 aliphatic rings. The largest absolute Gasteiger partial charge is 0.365 e. The van der Waals surface area contributed by atoms with Crippen LogP contribution < -0.4 is 0 Å². The van der Waals surface area contributed by atoms with Crippen molar-refractivity contribution >= 4 is 0 Å². The second-order valence-corrected chi connectivity index (χ2v) is 7.21. The molecule has 1 aromatic carbocycles. The Kier molecular flexibility index (Phi) is 6.70. The van der Waals surface area contributed by atoms with E-state index in [0.29, 0.717) is 26.2 Å². The molecule has 2 fully saturated rings. The minimum Gasteiger partial charge on any atom is -0.365 e. The van der Waals surface area contributed by atoms with Crippen molar-refractivity contribution < 1.29 is 23.7 Å². The van der Waals surface area contributed by atoms with Crippen LogP contribution in [0.4, 0.5) is 0 Å². The van der Waals surface area contributed by atoms with Crippen molar-refractivity contribution in [3.8, 4) is 0 Å². The summed E-state index contributed by atoms with van der Waals surface area (Å²) in [5, 5.41) is 3.52. The fraction of sp³-hybridized carbons (Fsp3) is 0.684. The maximum atomic E-state index is 8.36. The lowest BCUT2D eigenvalue weighted by Crippen LogP contribution is -2.57. The number of azide groups is 1. The van der Waals surface area contributed by atoms with E-state index in [1.165, 1.54) is 0 Å². The molecule has 2 heterocycles. The van der Waals surface area contributed by atoms with Crippen molar-refractivity contribution in [2.45, 2.75) is 70.3 Å². The summed E-state index contributed by atoms with van der Waals surface area (Å²) in [5.74, 6) is -0.697. The Morgan fingerprint density at radius 1 is 1.15 bits per heavy atom. The Labute approximate surface area is 159 Å². The van der Waals surface area contributed by atoms with Gasteiger partial charge in [0.25, 0.3) is 0 Å². The normalized spacial score (nSPS) is 31.9. The fourth-order valence-corrected chi connectivity index (χ4v) is 3.41. The van der Waals surface area contributed by atoms with Crippen LogP contribution in [-0.2, 0) is 30.3 Å². The van der Waals surface area contributed by atoms with Crippen LogP contribution in [0.1, 0.15) is 32.8 Å². The van der Waals surface area contributed by atoms with Crippen molar-refractivity contribution in [2.75, 3.05) is 13.2 Å². The first-order valence-corrected chi connectivity index (χ1v) is 9.29. The average Bonchev–Trinajstić information content (AvgIpc) is 2.98. The molecule has 148 valence electrons. The minimum atomic E-state index is -0.697. The highest BCUT2D eigenvalue weighted by Gasteiger charge is 2.54. The van der Waals surface area contributed by atoms with Gasteiger partial charge >= 0.3 is 0 Å². The van der Waals surface area contributed by atoms with Crippen molar-refractivity contribution in [2.24, 2.45) is 5.11 Å². The fourth-order valence-electron chi connectivity index (χ4n) is 3.41. The van der Waals surface area contributed by atoms with Gasteiger partial charge in [0.2, 0.25) is 0 Å². The maximum Gasteiger partial charge on any atom is 0.186 e. The number of hydrogen-bond acceptors (Lipinski definition) is 6. The first kappa shape index (κ1) is 20.1.